The number of hydrogen-bond donors (Lipinski definition) is 1. The molecule has 1 saturated carbocycles. The van der Waals surface area contributed by atoms with Crippen molar-refractivity contribution in [3.05, 3.63) is 70.3 Å². The summed E-state index contributed by atoms with van der Waals surface area (Å²) < 4.78 is 5.24. The highest BCUT2D eigenvalue weighted by Gasteiger charge is 2.45. The van der Waals surface area contributed by atoms with Crippen LogP contribution in [-0.2, 0) is 6.42 Å². The summed E-state index contributed by atoms with van der Waals surface area (Å²) in [5.41, 5.74) is 2.38. The van der Waals surface area contributed by atoms with Gasteiger partial charge in [0.15, 0.2) is 0 Å². The lowest BCUT2D eigenvalue weighted by Crippen LogP contribution is -2.42. The average molecular weight is 386 g/mol. The lowest BCUT2D eigenvalue weighted by Gasteiger charge is -2.33. The Hall–Kier alpha value is -1.81. The molecule has 0 aliphatic heterocycles. The van der Waals surface area contributed by atoms with Crippen molar-refractivity contribution in [1.29, 1.82) is 0 Å². The van der Waals surface area contributed by atoms with E-state index in [2.05, 4.69) is 25.1 Å². The molecular formula is C23H28ClNO2. The molecule has 0 saturated heterocycles. The van der Waals surface area contributed by atoms with Gasteiger partial charge in [-0.25, -0.2) is 0 Å². The van der Waals surface area contributed by atoms with Crippen LogP contribution in [0, 0.1) is 5.92 Å². The molecule has 3 nitrogen and oxygen atoms in total. The van der Waals surface area contributed by atoms with Gasteiger partial charge in [-0.05, 0) is 67.9 Å². The van der Waals surface area contributed by atoms with Crippen molar-refractivity contribution in [3.63, 3.8) is 0 Å². The topological polar surface area (TPSA) is 32.7 Å². The minimum Gasteiger partial charge on any atom is -0.497 e. The van der Waals surface area contributed by atoms with E-state index >= 15 is 0 Å². The molecule has 0 amide bonds. The molecule has 0 bridgehead atoms. The van der Waals surface area contributed by atoms with Crippen molar-refractivity contribution < 1.29 is 9.84 Å². The van der Waals surface area contributed by atoms with Gasteiger partial charge < -0.3 is 14.7 Å². The monoisotopic (exact) mass is 385 g/mol. The third-order valence-electron chi connectivity index (χ3n) is 5.40. The quantitative estimate of drug-likeness (QED) is 0.783. The van der Waals surface area contributed by atoms with Crippen molar-refractivity contribution in [3.8, 4) is 5.75 Å². The van der Waals surface area contributed by atoms with Crippen molar-refractivity contribution in [2.45, 2.75) is 24.9 Å². The standard InChI is InChI=1S/C23H28ClNO2/c1-25(2)16-20-10-9-19(13-17-7-11-22(27-3)12-8-17)23(20,26)15-18-5-4-6-21(24)14-18/h4-8,11-14,20,26H,9-10,15-16H2,1-3H3. The molecule has 2 unspecified atom stereocenters. The minimum absolute atomic E-state index is 0.191. The molecule has 1 aliphatic rings. The lowest BCUT2D eigenvalue weighted by molar-refractivity contribution is 0.0257. The van der Waals surface area contributed by atoms with Crippen molar-refractivity contribution in [2.75, 3.05) is 27.7 Å². The summed E-state index contributed by atoms with van der Waals surface area (Å²) in [5.74, 6) is 1.03. The Labute approximate surface area is 167 Å². The second kappa shape index (κ2) is 8.47. The fourth-order valence-corrected chi connectivity index (χ4v) is 4.26. The Morgan fingerprint density at radius 1 is 1.22 bits per heavy atom. The average Bonchev–Trinajstić information content (AvgIpc) is 2.91. The van der Waals surface area contributed by atoms with Gasteiger partial charge in [0, 0.05) is 23.9 Å². The molecule has 2 aromatic rings. The van der Waals surface area contributed by atoms with Gasteiger partial charge in [0.05, 0.1) is 12.7 Å². The van der Waals surface area contributed by atoms with Crippen LogP contribution in [0.1, 0.15) is 24.0 Å². The smallest absolute Gasteiger partial charge is 0.118 e. The Kier molecular flexibility index (Phi) is 6.25. The van der Waals surface area contributed by atoms with E-state index in [1.165, 1.54) is 0 Å². The van der Waals surface area contributed by atoms with Crippen LogP contribution in [0.25, 0.3) is 6.08 Å². The summed E-state index contributed by atoms with van der Waals surface area (Å²) in [7, 11) is 5.79. The second-order valence-corrected chi connectivity index (χ2v) is 8.11. The van der Waals surface area contributed by atoms with Crippen molar-refractivity contribution in [1.82, 2.24) is 4.90 Å². The SMILES string of the molecule is COc1ccc(C=C2CCC(CN(C)C)C2(O)Cc2cccc(Cl)c2)cc1. The second-order valence-electron chi connectivity index (χ2n) is 7.67. The fourth-order valence-electron chi connectivity index (χ4n) is 4.04. The van der Waals surface area contributed by atoms with E-state index in [-0.39, 0.29) is 5.92 Å². The van der Waals surface area contributed by atoms with Gasteiger partial charge in [-0.1, -0.05) is 41.9 Å². The number of hydrogen-bond acceptors (Lipinski definition) is 3. The molecule has 27 heavy (non-hydrogen) atoms. The molecule has 0 spiro atoms. The van der Waals surface area contributed by atoms with E-state index in [0.29, 0.717) is 11.4 Å². The van der Waals surface area contributed by atoms with E-state index in [1.54, 1.807) is 7.11 Å². The highest BCUT2D eigenvalue weighted by atomic mass is 35.5. The van der Waals surface area contributed by atoms with Crippen LogP contribution < -0.4 is 4.74 Å². The minimum atomic E-state index is -0.866. The summed E-state index contributed by atoms with van der Waals surface area (Å²) in [6.45, 7) is 0.858. The number of benzene rings is 2. The first kappa shape index (κ1) is 19.9. The van der Waals surface area contributed by atoms with Crippen LogP contribution >= 0.6 is 11.6 Å². The number of methoxy groups -OCH3 is 1. The highest BCUT2D eigenvalue weighted by Crippen LogP contribution is 2.44. The summed E-state index contributed by atoms with van der Waals surface area (Å²) in [6.07, 6.45) is 4.60. The molecule has 1 N–H and O–H groups in total. The number of ether oxygens (including phenoxy) is 1. The molecule has 2 atom stereocenters. The molecule has 4 heteroatoms. The van der Waals surface area contributed by atoms with Gasteiger partial charge >= 0.3 is 0 Å². The third-order valence-corrected chi connectivity index (χ3v) is 5.63. The zero-order chi connectivity index (χ0) is 19.4. The van der Waals surface area contributed by atoms with E-state index in [9.17, 15) is 5.11 Å². The Bertz CT molecular complexity index is 800. The summed E-state index contributed by atoms with van der Waals surface area (Å²) in [6, 6.07) is 15.8. The molecule has 0 heterocycles. The molecule has 0 radical (unpaired) electrons. The predicted octanol–water partition coefficient (Wildman–Crippen LogP) is 4.68. The maximum Gasteiger partial charge on any atom is 0.118 e. The molecule has 1 fully saturated rings. The third kappa shape index (κ3) is 4.73. The van der Waals surface area contributed by atoms with Crippen LogP contribution in [0.5, 0.6) is 5.75 Å². The van der Waals surface area contributed by atoms with Gasteiger partial charge in [-0.3, -0.25) is 0 Å². The first-order valence-electron chi connectivity index (χ1n) is 9.37. The van der Waals surface area contributed by atoms with Crippen molar-refractivity contribution >= 4 is 17.7 Å². The van der Waals surface area contributed by atoms with Gasteiger partial charge in [-0.15, -0.1) is 0 Å². The van der Waals surface area contributed by atoms with Crippen LogP contribution in [-0.4, -0.2) is 43.4 Å². The molecule has 2 aromatic carbocycles. The summed E-state index contributed by atoms with van der Waals surface area (Å²) in [4.78, 5) is 2.16. The van der Waals surface area contributed by atoms with Crippen molar-refractivity contribution in [2.24, 2.45) is 5.92 Å². The fraction of sp³-hybridized carbons (Fsp3) is 0.391. The van der Waals surface area contributed by atoms with Gasteiger partial charge in [0.2, 0.25) is 0 Å². The highest BCUT2D eigenvalue weighted by molar-refractivity contribution is 6.30. The Morgan fingerprint density at radius 2 is 1.96 bits per heavy atom. The van der Waals surface area contributed by atoms with E-state index in [0.717, 1.165) is 41.8 Å². The Morgan fingerprint density at radius 3 is 2.59 bits per heavy atom. The number of nitrogens with zero attached hydrogens (tertiary/aromatic N) is 1. The number of rotatable bonds is 6. The molecule has 1 aliphatic carbocycles. The van der Waals surface area contributed by atoms with E-state index in [1.807, 2.05) is 48.5 Å². The van der Waals surface area contributed by atoms with Gasteiger partial charge in [0.25, 0.3) is 0 Å². The maximum absolute atomic E-state index is 11.8. The van der Waals surface area contributed by atoms with Crippen LogP contribution in [0.2, 0.25) is 5.02 Å². The predicted molar refractivity (Wildman–Crippen MR) is 112 cm³/mol. The van der Waals surface area contributed by atoms with Crippen LogP contribution in [0.4, 0.5) is 0 Å². The first-order valence-corrected chi connectivity index (χ1v) is 9.75. The maximum atomic E-state index is 11.8. The first-order chi connectivity index (χ1) is 12.9. The molecule has 144 valence electrons. The molecular weight excluding hydrogens is 358 g/mol. The van der Waals surface area contributed by atoms with E-state index < -0.39 is 5.60 Å². The lowest BCUT2D eigenvalue weighted by atomic mass is 9.81. The zero-order valence-electron chi connectivity index (χ0n) is 16.3. The van der Waals surface area contributed by atoms with Gasteiger partial charge in [0.1, 0.15) is 5.75 Å². The Balaban J connectivity index is 1.94. The van der Waals surface area contributed by atoms with Gasteiger partial charge in [-0.2, -0.15) is 0 Å². The number of aliphatic hydroxyl groups is 1. The zero-order valence-corrected chi connectivity index (χ0v) is 17.0. The number of halogens is 1. The van der Waals surface area contributed by atoms with Crippen LogP contribution in [0.15, 0.2) is 54.1 Å². The van der Waals surface area contributed by atoms with E-state index in [4.69, 9.17) is 16.3 Å². The largest absolute Gasteiger partial charge is 0.497 e. The normalized spacial score (nSPS) is 23.9. The molecule has 3 rings (SSSR count). The summed E-state index contributed by atoms with van der Waals surface area (Å²) >= 11 is 6.17. The van der Waals surface area contributed by atoms with Crippen LogP contribution in [0.3, 0.4) is 0 Å². The summed E-state index contributed by atoms with van der Waals surface area (Å²) in [5, 5.41) is 12.5. The molecule has 0 aromatic heterocycles.